The van der Waals surface area contributed by atoms with Gasteiger partial charge >= 0.3 is 0 Å². The molecule has 0 aromatic heterocycles. The molecule has 1 aliphatic heterocycles. The second-order valence-corrected chi connectivity index (χ2v) is 3.84. The Kier molecular flexibility index (Phi) is 2.96. The van der Waals surface area contributed by atoms with Crippen LogP contribution in [0.1, 0.15) is 34.8 Å². The summed E-state index contributed by atoms with van der Waals surface area (Å²) < 4.78 is 0. The van der Waals surface area contributed by atoms with E-state index in [1.54, 1.807) is 6.07 Å². The first kappa shape index (κ1) is 10.8. The number of carbonyl (C=O) groups excluding carboxylic acids is 1. The van der Waals surface area contributed by atoms with Crippen LogP contribution in [0.4, 0.5) is 5.69 Å². The van der Waals surface area contributed by atoms with Crippen molar-refractivity contribution in [3.05, 3.63) is 39.4 Å². The molecule has 0 aliphatic carbocycles. The van der Waals surface area contributed by atoms with Gasteiger partial charge in [0.25, 0.3) is 5.69 Å². The fourth-order valence-electron chi connectivity index (χ4n) is 2.05. The molecule has 0 bridgehead atoms. The molecule has 1 aliphatic rings. The van der Waals surface area contributed by atoms with Crippen LogP contribution in [0, 0.1) is 10.1 Å². The predicted molar refractivity (Wildman–Crippen MR) is 58.5 cm³/mol. The maximum atomic E-state index is 10.9. The van der Waals surface area contributed by atoms with E-state index >= 15 is 0 Å². The topological polar surface area (TPSA) is 72.2 Å². The first-order chi connectivity index (χ1) is 7.72. The third-order valence-electron chi connectivity index (χ3n) is 2.84. The Labute approximate surface area is 92.6 Å². The number of nitrogens with one attached hydrogen (secondary N) is 1. The number of non-ortho nitro benzene ring substituents is 1. The Bertz CT molecular complexity index is 425. The van der Waals surface area contributed by atoms with Crippen molar-refractivity contribution >= 4 is 12.0 Å². The molecule has 84 valence electrons. The van der Waals surface area contributed by atoms with Gasteiger partial charge in [0, 0.05) is 23.7 Å². The number of nitrogens with zero attached hydrogens (tertiary/aromatic N) is 1. The molecule has 0 spiro atoms. The molecule has 1 aromatic carbocycles. The number of hydrogen-bond acceptors (Lipinski definition) is 4. The molecule has 0 saturated carbocycles. The van der Waals surface area contributed by atoms with Crippen molar-refractivity contribution in [2.45, 2.75) is 18.9 Å². The van der Waals surface area contributed by atoms with Crippen LogP contribution in [-0.4, -0.2) is 17.8 Å². The van der Waals surface area contributed by atoms with Crippen molar-refractivity contribution in [1.82, 2.24) is 5.32 Å². The maximum Gasteiger partial charge on any atom is 0.270 e. The number of carbonyl (C=O) groups is 1. The van der Waals surface area contributed by atoms with E-state index < -0.39 is 4.92 Å². The highest BCUT2D eigenvalue weighted by Gasteiger charge is 2.20. The normalized spacial score (nSPS) is 19.6. The first-order valence-corrected chi connectivity index (χ1v) is 5.19. The number of hydrogen-bond donors (Lipinski definition) is 1. The summed E-state index contributed by atoms with van der Waals surface area (Å²) in [6.45, 7) is 0.931. The largest absolute Gasteiger partial charge is 0.310 e. The lowest BCUT2D eigenvalue weighted by atomic mass is 9.99. The predicted octanol–water partition coefficient (Wildman–Crippen LogP) is 1.83. The molecule has 1 aromatic rings. The number of rotatable bonds is 3. The van der Waals surface area contributed by atoms with Crippen molar-refractivity contribution in [3.8, 4) is 0 Å². The van der Waals surface area contributed by atoms with Crippen LogP contribution in [0.15, 0.2) is 18.2 Å². The second-order valence-electron chi connectivity index (χ2n) is 3.84. The summed E-state index contributed by atoms with van der Waals surface area (Å²) in [5.74, 6) is 0. The van der Waals surface area contributed by atoms with Gasteiger partial charge in [0.05, 0.1) is 4.92 Å². The van der Waals surface area contributed by atoms with Crippen molar-refractivity contribution in [1.29, 1.82) is 0 Å². The molecular weight excluding hydrogens is 208 g/mol. The molecule has 1 atom stereocenters. The highest BCUT2D eigenvalue weighted by molar-refractivity contribution is 5.79. The SMILES string of the molecule is O=Cc1cc([N+](=O)[O-])ccc1C1CCCN1. The second kappa shape index (κ2) is 4.40. The fourth-order valence-corrected chi connectivity index (χ4v) is 2.05. The van der Waals surface area contributed by atoms with E-state index in [0.717, 1.165) is 24.9 Å². The third-order valence-corrected chi connectivity index (χ3v) is 2.84. The lowest BCUT2D eigenvalue weighted by Crippen LogP contribution is -2.14. The maximum absolute atomic E-state index is 10.9. The summed E-state index contributed by atoms with van der Waals surface area (Å²) in [7, 11) is 0. The minimum absolute atomic E-state index is 0.0381. The van der Waals surface area contributed by atoms with Gasteiger partial charge in [-0.05, 0) is 31.0 Å². The quantitative estimate of drug-likeness (QED) is 0.479. The summed E-state index contributed by atoms with van der Waals surface area (Å²) in [5, 5.41) is 13.8. The van der Waals surface area contributed by atoms with Gasteiger partial charge in [-0.25, -0.2) is 0 Å². The van der Waals surface area contributed by atoms with Gasteiger partial charge in [0.15, 0.2) is 6.29 Å². The molecule has 0 amide bonds. The van der Waals surface area contributed by atoms with Gasteiger partial charge in [-0.15, -0.1) is 0 Å². The Hall–Kier alpha value is -1.75. The molecule has 1 N–H and O–H groups in total. The van der Waals surface area contributed by atoms with Crippen LogP contribution >= 0.6 is 0 Å². The van der Waals surface area contributed by atoms with Gasteiger partial charge in [0.2, 0.25) is 0 Å². The van der Waals surface area contributed by atoms with Crippen LogP contribution in [0.25, 0.3) is 0 Å². The van der Waals surface area contributed by atoms with Crippen molar-refractivity contribution < 1.29 is 9.72 Å². The average Bonchev–Trinajstić information content (AvgIpc) is 2.81. The van der Waals surface area contributed by atoms with Crippen LogP contribution in [-0.2, 0) is 0 Å². The van der Waals surface area contributed by atoms with Gasteiger partial charge in [-0.2, -0.15) is 0 Å². The highest BCUT2D eigenvalue weighted by Crippen LogP contribution is 2.27. The van der Waals surface area contributed by atoms with Crippen LogP contribution in [0.2, 0.25) is 0 Å². The number of aldehydes is 1. The van der Waals surface area contributed by atoms with E-state index in [1.165, 1.54) is 12.1 Å². The molecule has 1 heterocycles. The molecule has 1 saturated heterocycles. The zero-order valence-electron chi connectivity index (χ0n) is 8.68. The Morgan fingerprint density at radius 1 is 1.50 bits per heavy atom. The molecular formula is C11H12N2O3. The highest BCUT2D eigenvalue weighted by atomic mass is 16.6. The summed E-state index contributed by atoms with van der Waals surface area (Å²) in [5.41, 5.74) is 1.23. The smallest absolute Gasteiger partial charge is 0.270 e. The monoisotopic (exact) mass is 220 g/mol. The minimum atomic E-state index is -0.487. The zero-order chi connectivity index (χ0) is 11.5. The van der Waals surface area contributed by atoms with Crippen molar-refractivity contribution in [2.24, 2.45) is 0 Å². The number of nitro benzene ring substituents is 1. The van der Waals surface area contributed by atoms with E-state index in [2.05, 4.69) is 5.32 Å². The molecule has 5 heteroatoms. The van der Waals surface area contributed by atoms with Gasteiger partial charge in [-0.1, -0.05) is 0 Å². The van der Waals surface area contributed by atoms with Gasteiger partial charge in [-0.3, -0.25) is 14.9 Å². The van der Waals surface area contributed by atoms with Crippen LogP contribution in [0.5, 0.6) is 0 Å². The zero-order valence-corrected chi connectivity index (χ0v) is 8.68. The molecule has 1 unspecified atom stereocenters. The lowest BCUT2D eigenvalue weighted by Gasteiger charge is -2.12. The molecule has 5 nitrogen and oxygen atoms in total. The molecule has 16 heavy (non-hydrogen) atoms. The summed E-state index contributed by atoms with van der Waals surface area (Å²) in [6.07, 6.45) is 2.72. The third kappa shape index (κ3) is 1.94. The Balaban J connectivity index is 2.38. The van der Waals surface area contributed by atoms with E-state index in [0.29, 0.717) is 11.8 Å². The van der Waals surface area contributed by atoms with E-state index in [4.69, 9.17) is 0 Å². The van der Waals surface area contributed by atoms with E-state index in [9.17, 15) is 14.9 Å². The number of benzene rings is 1. The van der Waals surface area contributed by atoms with Crippen LogP contribution < -0.4 is 5.32 Å². The van der Waals surface area contributed by atoms with Crippen molar-refractivity contribution in [3.63, 3.8) is 0 Å². The molecule has 1 fully saturated rings. The molecule has 0 radical (unpaired) electrons. The average molecular weight is 220 g/mol. The van der Waals surface area contributed by atoms with E-state index in [-0.39, 0.29) is 11.7 Å². The summed E-state index contributed by atoms with van der Waals surface area (Å²) in [4.78, 5) is 21.0. The first-order valence-electron chi connectivity index (χ1n) is 5.19. The number of nitro groups is 1. The van der Waals surface area contributed by atoms with Crippen LogP contribution in [0.3, 0.4) is 0 Å². The van der Waals surface area contributed by atoms with Gasteiger partial charge in [0.1, 0.15) is 0 Å². The molecule has 2 rings (SSSR count). The fraction of sp³-hybridized carbons (Fsp3) is 0.364. The summed E-state index contributed by atoms with van der Waals surface area (Å²) in [6, 6.07) is 4.61. The summed E-state index contributed by atoms with van der Waals surface area (Å²) >= 11 is 0. The van der Waals surface area contributed by atoms with Crippen molar-refractivity contribution in [2.75, 3.05) is 6.54 Å². The lowest BCUT2D eigenvalue weighted by molar-refractivity contribution is -0.384. The Morgan fingerprint density at radius 2 is 2.31 bits per heavy atom. The van der Waals surface area contributed by atoms with Gasteiger partial charge < -0.3 is 5.32 Å². The van der Waals surface area contributed by atoms with E-state index in [1.807, 2.05) is 0 Å². The Morgan fingerprint density at radius 3 is 2.88 bits per heavy atom. The standard InChI is InChI=1S/C11H12N2O3/c14-7-8-6-9(13(15)16)3-4-10(8)11-2-1-5-12-11/h3-4,6-7,11-12H,1-2,5H2. The minimum Gasteiger partial charge on any atom is -0.310 e.